The summed E-state index contributed by atoms with van der Waals surface area (Å²) >= 11 is 0. The lowest BCUT2D eigenvalue weighted by Gasteiger charge is -2.58. The van der Waals surface area contributed by atoms with Gasteiger partial charge in [-0.05, 0) is 85.9 Å². The van der Waals surface area contributed by atoms with E-state index < -0.39 is 17.4 Å². The van der Waals surface area contributed by atoms with Crippen molar-refractivity contribution in [3.63, 3.8) is 0 Å². The van der Waals surface area contributed by atoms with E-state index in [4.69, 9.17) is 0 Å². The van der Waals surface area contributed by atoms with Crippen molar-refractivity contribution >= 4 is 11.9 Å². The smallest absolute Gasteiger partial charge is 0.0419 e. The van der Waals surface area contributed by atoms with Crippen molar-refractivity contribution in [2.75, 3.05) is 0 Å². The zero-order valence-corrected chi connectivity index (χ0v) is 14.3. The lowest BCUT2D eigenvalue weighted by molar-refractivity contribution is -0.315. The van der Waals surface area contributed by atoms with E-state index >= 15 is 0 Å². The zero-order chi connectivity index (χ0) is 16.8. The first-order chi connectivity index (χ1) is 10.8. The summed E-state index contributed by atoms with van der Waals surface area (Å²) in [7, 11) is 0. The molecule has 3 aliphatic rings. The van der Waals surface area contributed by atoms with Crippen LogP contribution in [0.4, 0.5) is 0 Å². The molecular formula is C19H28O4-2. The van der Waals surface area contributed by atoms with Crippen LogP contribution in [0.3, 0.4) is 0 Å². The number of aliphatic carboxylic acids is 2. The Morgan fingerprint density at radius 3 is 2.35 bits per heavy atom. The highest BCUT2D eigenvalue weighted by Crippen LogP contribution is 2.64. The highest BCUT2D eigenvalue weighted by molar-refractivity contribution is 5.67. The third-order valence-corrected chi connectivity index (χ3v) is 7.78. The average molecular weight is 320 g/mol. The van der Waals surface area contributed by atoms with Crippen LogP contribution in [0.1, 0.15) is 71.6 Å². The molecule has 0 aromatic carbocycles. The molecule has 3 saturated carbocycles. The molecule has 4 nitrogen and oxygen atoms in total. The van der Waals surface area contributed by atoms with Crippen LogP contribution in [-0.4, -0.2) is 11.9 Å². The Labute approximate surface area is 138 Å². The van der Waals surface area contributed by atoms with Gasteiger partial charge in [-0.3, -0.25) is 0 Å². The fourth-order valence-corrected chi connectivity index (χ4v) is 6.65. The molecule has 23 heavy (non-hydrogen) atoms. The minimum Gasteiger partial charge on any atom is -0.550 e. The predicted octanol–water partition coefficient (Wildman–Crippen LogP) is 1.52. The molecule has 0 spiro atoms. The topological polar surface area (TPSA) is 80.3 Å². The SMILES string of the molecule is C[C@@]12CCC[C@H]1[C@@H]1CC[C@H](CC(=O)[O-])[C@@](C)(CC(=O)[O-])[C@@H]1CC2. The Hall–Kier alpha value is -1.06. The van der Waals surface area contributed by atoms with E-state index in [0.717, 1.165) is 25.7 Å². The Morgan fingerprint density at radius 1 is 0.957 bits per heavy atom. The van der Waals surface area contributed by atoms with Crippen LogP contribution in [-0.2, 0) is 9.59 Å². The van der Waals surface area contributed by atoms with Crippen molar-refractivity contribution in [2.24, 2.45) is 34.5 Å². The summed E-state index contributed by atoms with van der Waals surface area (Å²) in [4.78, 5) is 22.6. The van der Waals surface area contributed by atoms with Crippen LogP contribution in [0.5, 0.6) is 0 Å². The lowest BCUT2D eigenvalue weighted by Crippen LogP contribution is -2.53. The summed E-state index contributed by atoms with van der Waals surface area (Å²) in [5.74, 6) is -0.646. The molecule has 0 saturated heterocycles. The van der Waals surface area contributed by atoms with E-state index in [1.165, 1.54) is 19.3 Å². The van der Waals surface area contributed by atoms with E-state index in [1.807, 2.05) is 6.92 Å². The molecule has 0 heterocycles. The standard InChI is InChI=1S/C19H30O4/c1-18-8-3-4-14(18)13-6-5-12(10-16(20)21)19(2,11-17(22)23)15(13)7-9-18/h12-15H,3-11H2,1-2H3,(H,20,21)(H,22,23)/p-2/t12-,13+,14+,15-,18+,19-/m1/s1. The normalized spacial score (nSPS) is 46.0. The van der Waals surface area contributed by atoms with Gasteiger partial charge < -0.3 is 19.8 Å². The number of carbonyl (C=O) groups is 2. The highest BCUT2D eigenvalue weighted by Gasteiger charge is 2.56. The first kappa shape index (κ1) is 16.8. The third kappa shape index (κ3) is 2.78. The maximum Gasteiger partial charge on any atom is 0.0419 e. The van der Waals surface area contributed by atoms with Gasteiger partial charge in [0.15, 0.2) is 0 Å². The Bertz CT molecular complexity index is 502. The van der Waals surface area contributed by atoms with Crippen LogP contribution in [0.25, 0.3) is 0 Å². The van der Waals surface area contributed by atoms with E-state index in [0.29, 0.717) is 23.2 Å². The molecule has 0 aromatic heterocycles. The third-order valence-electron chi connectivity index (χ3n) is 7.78. The number of hydrogen-bond donors (Lipinski definition) is 0. The van der Waals surface area contributed by atoms with Gasteiger partial charge in [0.2, 0.25) is 0 Å². The van der Waals surface area contributed by atoms with Crippen molar-refractivity contribution in [3.05, 3.63) is 0 Å². The minimum absolute atomic E-state index is 0.0183. The Morgan fingerprint density at radius 2 is 1.70 bits per heavy atom. The molecule has 0 N–H and O–H groups in total. The molecule has 0 aromatic rings. The molecule has 0 unspecified atom stereocenters. The summed E-state index contributed by atoms with van der Waals surface area (Å²) in [6.07, 6.45) is 7.83. The average Bonchev–Trinajstić information content (AvgIpc) is 2.82. The van der Waals surface area contributed by atoms with Gasteiger partial charge in [-0.25, -0.2) is 0 Å². The van der Waals surface area contributed by atoms with E-state index in [9.17, 15) is 19.8 Å². The van der Waals surface area contributed by atoms with Crippen LogP contribution >= 0.6 is 0 Å². The molecule has 0 radical (unpaired) electrons. The summed E-state index contributed by atoms with van der Waals surface area (Å²) in [5.41, 5.74) is -0.0452. The summed E-state index contributed by atoms with van der Waals surface area (Å²) in [5, 5.41) is 22.6. The molecule has 3 fully saturated rings. The van der Waals surface area contributed by atoms with Gasteiger partial charge in [0.1, 0.15) is 0 Å². The molecule has 0 bridgehead atoms. The van der Waals surface area contributed by atoms with Gasteiger partial charge in [0.05, 0.1) is 0 Å². The van der Waals surface area contributed by atoms with E-state index in [2.05, 4.69) is 6.92 Å². The number of carboxylic acids is 2. The van der Waals surface area contributed by atoms with Gasteiger partial charge in [0, 0.05) is 11.9 Å². The van der Waals surface area contributed by atoms with Crippen molar-refractivity contribution in [2.45, 2.75) is 71.6 Å². The summed E-state index contributed by atoms with van der Waals surface area (Å²) in [6, 6.07) is 0. The number of rotatable bonds is 4. The van der Waals surface area contributed by atoms with Crippen molar-refractivity contribution < 1.29 is 19.8 Å². The van der Waals surface area contributed by atoms with Gasteiger partial charge in [-0.2, -0.15) is 0 Å². The van der Waals surface area contributed by atoms with Gasteiger partial charge >= 0.3 is 0 Å². The molecule has 3 aliphatic carbocycles. The van der Waals surface area contributed by atoms with E-state index in [-0.39, 0.29) is 18.8 Å². The molecule has 0 amide bonds. The molecule has 6 atom stereocenters. The lowest BCUT2D eigenvalue weighted by atomic mass is 9.47. The maximum atomic E-state index is 11.4. The summed E-state index contributed by atoms with van der Waals surface area (Å²) in [6.45, 7) is 4.41. The maximum absolute atomic E-state index is 11.4. The second kappa shape index (κ2) is 5.78. The molecule has 4 heteroatoms. The number of carboxylic acid groups (broad SMARTS) is 2. The first-order valence-electron chi connectivity index (χ1n) is 9.16. The second-order valence-corrected chi connectivity index (χ2v) is 8.87. The number of hydrogen-bond acceptors (Lipinski definition) is 4. The van der Waals surface area contributed by atoms with Crippen molar-refractivity contribution in [1.82, 2.24) is 0 Å². The molecular weight excluding hydrogens is 292 g/mol. The largest absolute Gasteiger partial charge is 0.550 e. The number of carbonyl (C=O) groups excluding carboxylic acids is 2. The van der Waals surface area contributed by atoms with E-state index in [1.54, 1.807) is 0 Å². The molecule has 0 aliphatic heterocycles. The number of fused-ring (bicyclic) bond motifs is 3. The first-order valence-corrected chi connectivity index (χ1v) is 9.16. The molecule has 130 valence electrons. The van der Waals surface area contributed by atoms with Crippen LogP contribution < -0.4 is 10.2 Å². The molecule has 3 rings (SSSR count). The van der Waals surface area contributed by atoms with Crippen molar-refractivity contribution in [3.8, 4) is 0 Å². The summed E-state index contributed by atoms with van der Waals surface area (Å²) < 4.78 is 0. The Kier molecular flexibility index (Phi) is 4.22. The fourth-order valence-electron chi connectivity index (χ4n) is 6.65. The van der Waals surface area contributed by atoms with Crippen LogP contribution in [0.15, 0.2) is 0 Å². The monoisotopic (exact) mass is 320 g/mol. The van der Waals surface area contributed by atoms with Gasteiger partial charge in [0.25, 0.3) is 0 Å². The van der Waals surface area contributed by atoms with Gasteiger partial charge in [-0.1, -0.05) is 20.3 Å². The second-order valence-electron chi connectivity index (χ2n) is 8.87. The Balaban J connectivity index is 1.90. The van der Waals surface area contributed by atoms with Crippen LogP contribution in [0.2, 0.25) is 0 Å². The quantitative estimate of drug-likeness (QED) is 0.786. The highest BCUT2D eigenvalue weighted by atomic mass is 16.4. The minimum atomic E-state index is -1.06. The van der Waals surface area contributed by atoms with Crippen molar-refractivity contribution in [1.29, 1.82) is 0 Å². The fraction of sp³-hybridized carbons (Fsp3) is 0.895. The predicted molar refractivity (Wildman–Crippen MR) is 81.7 cm³/mol. The van der Waals surface area contributed by atoms with Crippen LogP contribution in [0, 0.1) is 34.5 Å². The van der Waals surface area contributed by atoms with Gasteiger partial charge in [-0.15, -0.1) is 0 Å². The zero-order valence-electron chi connectivity index (χ0n) is 14.3.